The minimum absolute atomic E-state index is 0.0177. The number of carbonyl (C=O) groups is 4. The number of allylic oxidation sites excluding steroid dienone is 9. The van der Waals surface area contributed by atoms with Gasteiger partial charge in [-0.15, -0.1) is 0 Å². The Morgan fingerprint density at radius 1 is 0.770 bits per heavy atom. The van der Waals surface area contributed by atoms with Gasteiger partial charge >= 0.3 is 25.7 Å². The lowest BCUT2D eigenvalue weighted by atomic mass is 9.90. The van der Waals surface area contributed by atoms with Crippen LogP contribution in [0.25, 0.3) is 0 Å². The van der Waals surface area contributed by atoms with Crippen molar-refractivity contribution in [3.05, 3.63) is 60.8 Å². The SMILES string of the molecule is CCCCCCCC/C=C\C/C=C\C/C=C\CCCC(=O)O[C@H](COC(=O)CCC/C=C\C[C@H]1[C@@H](O)CC(=O)[C@@H]1/C=C/[C@@H](O)CCCCC)COP(=O)(O)OC[C@H](N)C(=O)O. The standard InChI is InChI=1S/C46H76NO13P/c1-3-5-7-8-9-10-11-12-13-14-15-16-17-18-19-20-26-30-45(52)60-38(35-58-61(55,56)59-36-41(47)46(53)54)34-57-44(51)29-25-22-21-24-28-39-40(43(50)33-42(39)49)32-31-37(48)27-23-6-4-2/h12-13,15-16,18-19,21,24,31-32,37-42,48-49H,3-11,14,17,20,22-23,25-30,33-36,47H2,1-2H3,(H,53,54)(H,55,56)/b13-12-,16-15-,19-18-,24-21-,32-31+/t37-,38+,39+,40+,41-,42-/m0/s1. The number of carboxylic acids is 1. The summed E-state index contributed by atoms with van der Waals surface area (Å²) in [6.45, 7) is 2.36. The van der Waals surface area contributed by atoms with E-state index in [1.807, 2.05) is 24.3 Å². The van der Waals surface area contributed by atoms with E-state index in [2.05, 4.69) is 42.7 Å². The summed E-state index contributed by atoms with van der Waals surface area (Å²) in [6.07, 6.45) is 33.8. The molecule has 0 amide bonds. The Balaban J connectivity index is 2.54. The lowest BCUT2D eigenvalue weighted by Crippen LogP contribution is -2.34. The number of aliphatic carboxylic acids is 1. The number of Topliss-reactive ketones (excluding diaryl/α,β-unsaturated/α-hetero) is 1. The minimum atomic E-state index is -4.80. The van der Waals surface area contributed by atoms with Gasteiger partial charge in [0.2, 0.25) is 0 Å². The second kappa shape index (κ2) is 35.3. The van der Waals surface area contributed by atoms with E-state index in [9.17, 15) is 38.8 Å². The molecule has 61 heavy (non-hydrogen) atoms. The molecule has 0 saturated heterocycles. The van der Waals surface area contributed by atoms with Gasteiger partial charge < -0.3 is 35.4 Å². The molecule has 1 aliphatic carbocycles. The molecule has 1 fully saturated rings. The third-order valence-corrected chi connectivity index (χ3v) is 11.1. The molecule has 1 rings (SSSR count). The van der Waals surface area contributed by atoms with Crippen LogP contribution in [0.3, 0.4) is 0 Å². The summed E-state index contributed by atoms with van der Waals surface area (Å²) >= 11 is 0. The number of esters is 2. The summed E-state index contributed by atoms with van der Waals surface area (Å²) in [6, 6.07) is -1.57. The average molecular weight is 882 g/mol. The van der Waals surface area contributed by atoms with Crippen molar-refractivity contribution in [1.29, 1.82) is 0 Å². The quantitative estimate of drug-likeness (QED) is 0.0171. The van der Waals surface area contributed by atoms with Crippen LogP contribution in [0, 0.1) is 11.8 Å². The number of hydrogen-bond acceptors (Lipinski definition) is 12. The van der Waals surface area contributed by atoms with Gasteiger partial charge in [-0.05, 0) is 64.2 Å². The van der Waals surface area contributed by atoms with Gasteiger partial charge in [-0.3, -0.25) is 28.2 Å². The zero-order valence-corrected chi connectivity index (χ0v) is 37.6. The van der Waals surface area contributed by atoms with Crippen LogP contribution >= 0.6 is 7.82 Å². The monoisotopic (exact) mass is 882 g/mol. The van der Waals surface area contributed by atoms with Gasteiger partial charge in [0.05, 0.1) is 25.4 Å². The average Bonchev–Trinajstić information content (AvgIpc) is 3.49. The maximum Gasteiger partial charge on any atom is 0.472 e. The van der Waals surface area contributed by atoms with Crippen molar-refractivity contribution in [2.45, 2.75) is 173 Å². The van der Waals surface area contributed by atoms with Crippen molar-refractivity contribution in [3.8, 4) is 0 Å². The van der Waals surface area contributed by atoms with Gasteiger partial charge in [0.15, 0.2) is 6.10 Å². The third-order valence-electron chi connectivity index (χ3n) is 10.1. The van der Waals surface area contributed by atoms with E-state index in [4.69, 9.17) is 24.8 Å². The molecule has 6 N–H and O–H groups in total. The van der Waals surface area contributed by atoms with Gasteiger partial charge in [0.1, 0.15) is 18.4 Å². The van der Waals surface area contributed by atoms with Crippen LogP contribution in [0.1, 0.15) is 149 Å². The topological polar surface area (TPSA) is 229 Å². The number of carbonyl (C=O) groups excluding carboxylic acids is 3. The van der Waals surface area contributed by atoms with E-state index in [-0.39, 0.29) is 31.0 Å². The first-order valence-electron chi connectivity index (χ1n) is 22.4. The van der Waals surface area contributed by atoms with E-state index in [1.54, 1.807) is 12.2 Å². The molecule has 0 aliphatic heterocycles. The second-order valence-electron chi connectivity index (χ2n) is 15.6. The molecule has 0 spiro atoms. The fraction of sp³-hybridized carbons (Fsp3) is 0.696. The smallest absolute Gasteiger partial charge is 0.472 e. The van der Waals surface area contributed by atoms with Crippen molar-refractivity contribution in [2.24, 2.45) is 17.6 Å². The highest BCUT2D eigenvalue weighted by Crippen LogP contribution is 2.43. The zero-order chi connectivity index (χ0) is 45.1. The number of rotatable bonds is 37. The fourth-order valence-corrected chi connectivity index (χ4v) is 7.25. The number of ether oxygens (including phenoxy) is 2. The molecule has 0 radical (unpaired) electrons. The van der Waals surface area contributed by atoms with Crippen LogP contribution in [0.15, 0.2) is 60.8 Å². The van der Waals surface area contributed by atoms with Gasteiger partial charge in [0, 0.05) is 31.1 Å². The highest BCUT2D eigenvalue weighted by atomic mass is 31.2. The maximum absolute atomic E-state index is 12.7. The number of hydrogen-bond donors (Lipinski definition) is 5. The number of unbranched alkanes of at least 4 members (excludes halogenated alkanes) is 10. The highest BCUT2D eigenvalue weighted by Gasteiger charge is 2.39. The van der Waals surface area contributed by atoms with E-state index < -0.39 is 75.8 Å². The summed E-state index contributed by atoms with van der Waals surface area (Å²) in [5, 5.41) is 29.6. The van der Waals surface area contributed by atoms with Crippen LogP contribution < -0.4 is 5.73 Å². The van der Waals surface area contributed by atoms with Gasteiger partial charge in [-0.1, -0.05) is 126 Å². The number of aliphatic hydroxyl groups is 2. The number of aliphatic hydroxyl groups excluding tert-OH is 2. The molecule has 0 aromatic heterocycles. The highest BCUT2D eigenvalue weighted by molar-refractivity contribution is 7.47. The molecule has 0 aromatic carbocycles. The Bertz CT molecular complexity index is 1430. The molecule has 0 aromatic rings. The molecular formula is C46H76NO13P. The molecule has 1 aliphatic rings. The van der Waals surface area contributed by atoms with Crippen molar-refractivity contribution in [3.63, 3.8) is 0 Å². The van der Waals surface area contributed by atoms with Crippen LogP contribution in [-0.2, 0) is 42.3 Å². The molecule has 15 heteroatoms. The molecular weight excluding hydrogens is 805 g/mol. The molecule has 7 atom stereocenters. The first-order valence-corrected chi connectivity index (χ1v) is 23.9. The first-order chi connectivity index (χ1) is 29.3. The van der Waals surface area contributed by atoms with Crippen molar-refractivity contribution in [1.82, 2.24) is 0 Å². The van der Waals surface area contributed by atoms with Crippen molar-refractivity contribution < 1.29 is 62.5 Å². The Morgan fingerprint density at radius 3 is 1.98 bits per heavy atom. The second-order valence-corrected chi connectivity index (χ2v) is 17.1. The lowest BCUT2D eigenvalue weighted by Gasteiger charge is -2.20. The number of ketones is 1. The summed E-state index contributed by atoms with van der Waals surface area (Å²) in [5.41, 5.74) is 5.32. The van der Waals surface area contributed by atoms with E-state index in [1.165, 1.54) is 38.5 Å². The van der Waals surface area contributed by atoms with Gasteiger partial charge in [-0.2, -0.15) is 0 Å². The fourth-order valence-electron chi connectivity index (χ4n) is 6.47. The molecule has 0 heterocycles. The van der Waals surface area contributed by atoms with E-state index >= 15 is 0 Å². The number of phosphoric acid groups is 1. The summed E-state index contributed by atoms with van der Waals surface area (Å²) in [7, 11) is -4.80. The molecule has 348 valence electrons. The van der Waals surface area contributed by atoms with Crippen molar-refractivity contribution in [2.75, 3.05) is 19.8 Å². The van der Waals surface area contributed by atoms with Crippen LogP contribution in [0.5, 0.6) is 0 Å². The Morgan fingerprint density at radius 2 is 1.33 bits per heavy atom. The number of nitrogens with two attached hydrogens (primary N) is 1. The molecule has 14 nitrogen and oxygen atoms in total. The first kappa shape index (κ1) is 55.8. The van der Waals surface area contributed by atoms with Crippen LogP contribution in [0.2, 0.25) is 0 Å². The molecule has 1 unspecified atom stereocenters. The van der Waals surface area contributed by atoms with Gasteiger partial charge in [0.25, 0.3) is 0 Å². The van der Waals surface area contributed by atoms with E-state index in [0.29, 0.717) is 38.5 Å². The minimum Gasteiger partial charge on any atom is -0.480 e. The molecule has 0 bridgehead atoms. The summed E-state index contributed by atoms with van der Waals surface area (Å²) in [5.74, 6) is -3.51. The predicted molar refractivity (Wildman–Crippen MR) is 236 cm³/mol. The molecule has 1 saturated carbocycles. The Hall–Kier alpha value is -3.23. The maximum atomic E-state index is 12.7. The summed E-state index contributed by atoms with van der Waals surface area (Å²) < 4.78 is 32.6. The third kappa shape index (κ3) is 29.7. The summed E-state index contributed by atoms with van der Waals surface area (Å²) in [4.78, 5) is 58.7. The van der Waals surface area contributed by atoms with Crippen LogP contribution in [0.4, 0.5) is 0 Å². The largest absolute Gasteiger partial charge is 0.480 e. The lowest BCUT2D eigenvalue weighted by molar-refractivity contribution is -0.161. The Labute approximate surface area is 364 Å². The number of phosphoric ester groups is 1. The van der Waals surface area contributed by atoms with E-state index in [0.717, 1.165) is 38.5 Å². The zero-order valence-electron chi connectivity index (χ0n) is 36.7. The number of carboxylic acid groups (broad SMARTS) is 1. The Kier molecular flexibility index (Phi) is 32.2. The predicted octanol–water partition coefficient (Wildman–Crippen LogP) is 8.54. The van der Waals surface area contributed by atoms with Crippen LogP contribution in [-0.4, -0.2) is 88.1 Å². The normalized spacial score (nSPS) is 19.7. The van der Waals surface area contributed by atoms with Gasteiger partial charge in [-0.25, -0.2) is 4.57 Å². The van der Waals surface area contributed by atoms with Crippen molar-refractivity contribution >= 4 is 31.5 Å².